The minimum absolute atomic E-state index is 0.598. The zero-order chi connectivity index (χ0) is 9.26. The highest BCUT2D eigenvalue weighted by Gasteiger charge is 2.15. The summed E-state index contributed by atoms with van der Waals surface area (Å²) in [6, 6.07) is 10.0. The summed E-state index contributed by atoms with van der Waals surface area (Å²) in [4.78, 5) is 4.15. The number of nitrogens with two attached hydrogens (primary N) is 1. The van der Waals surface area contributed by atoms with Crippen molar-refractivity contribution in [2.75, 3.05) is 5.73 Å². The second kappa shape index (κ2) is 3.14. The summed E-state index contributed by atoms with van der Waals surface area (Å²) in [5, 5.41) is 0.598. The lowest BCUT2D eigenvalue weighted by molar-refractivity contribution is -0.530. The molecule has 0 bridgehead atoms. The minimum Gasteiger partial charge on any atom is -0.351 e. The molecule has 3 nitrogen and oxygen atoms in total. The zero-order valence-electron chi connectivity index (χ0n) is 7.27. The number of aromatic nitrogens is 2. The molecule has 0 saturated carbocycles. The maximum Gasteiger partial charge on any atom is 0.332 e. The molecule has 0 aliphatic carbocycles. The average Bonchev–Trinajstić information content (AvgIpc) is 2.47. The first-order valence-corrected chi connectivity index (χ1v) is 4.75. The van der Waals surface area contributed by atoms with Crippen molar-refractivity contribution in [3.05, 3.63) is 36.2 Å². The summed E-state index contributed by atoms with van der Waals surface area (Å²) in [6.07, 6.45) is 0. The van der Waals surface area contributed by atoms with E-state index in [-0.39, 0.29) is 0 Å². The van der Waals surface area contributed by atoms with E-state index >= 15 is 0 Å². The average molecular weight is 192 g/mol. The molecule has 0 saturated heterocycles. The van der Waals surface area contributed by atoms with Gasteiger partial charge in [-0.3, -0.25) is 0 Å². The first kappa shape index (κ1) is 8.19. The van der Waals surface area contributed by atoms with Gasteiger partial charge in [-0.2, -0.15) is 0 Å². The standard InChI is InChI=1S/C9H9N3S/c1-7-11-9(10)13-12(7)8-5-3-2-4-6-8/h2-6,10H,1H3/p+1. The molecule has 0 aliphatic heterocycles. The summed E-state index contributed by atoms with van der Waals surface area (Å²) >= 11 is 1.45. The highest BCUT2D eigenvalue weighted by atomic mass is 32.1. The smallest absolute Gasteiger partial charge is 0.332 e. The monoisotopic (exact) mass is 192 g/mol. The van der Waals surface area contributed by atoms with Crippen molar-refractivity contribution in [2.24, 2.45) is 0 Å². The van der Waals surface area contributed by atoms with Crippen LogP contribution in [0.2, 0.25) is 0 Å². The molecule has 2 N–H and O–H groups in total. The Bertz CT molecular complexity index is 408. The Balaban J connectivity index is 2.53. The van der Waals surface area contributed by atoms with Crippen LogP contribution in [0.25, 0.3) is 5.69 Å². The molecule has 0 radical (unpaired) electrons. The van der Waals surface area contributed by atoms with Crippen molar-refractivity contribution < 1.29 is 3.96 Å². The van der Waals surface area contributed by atoms with Crippen molar-refractivity contribution in [2.45, 2.75) is 6.92 Å². The van der Waals surface area contributed by atoms with Gasteiger partial charge in [0.1, 0.15) is 17.2 Å². The molecule has 0 amide bonds. The van der Waals surface area contributed by atoms with Crippen molar-refractivity contribution in [3.63, 3.8) is 0 Å². The van der Waals surface area contributed by atoms with E-state index in [4.69, 9.17) is 5.73 Å². The Morgan fingerprint density at radius 3 is 2.54 bits per heavy atom. The first-order chi connectivity index (χ1) is 6.27. The van der Waals surface area contributed by atoms with Crippen LogP contribution in [0.3, 0.4) is 0 Å². The molecule has 0 atom stereocenters. The summed E-state index contributed by atoms with van der Waals surface area (Å²) < 4.78 is 2.01. The van der Waals surface area contributed by atoms with E-state index in [1.54, 1.807) is 0 Å². The number of para-hydroxylation sites is 1. The van der Waals surface area contributed by atoms with Crippen molar-refractivity contribution >= 4 is 16.7 Å². The molecule has 1 aromatic carbocycles. The highest BCUT2D eigenvalue weighted by molar-refractivity contribution is 7.05. The fourth-order valence-corrected chi connectivity index (χ4v) is 1.95. The SMILES string of the molecule is Cc1nc(N)s[n+]1-c1ccccc1. The lowest BCUT2D eigenvalue weighted by Gasteiger charge is -1.92. The van der Waals surface area contributed by atoms with Crippen molar-refractivity contribution in [1.29, 1.82) is 0 Å². The third-order valence-electron chi connectivity index (χ3n) is 1.74. The van der Waals surface area contributed by atoms with Gasteiger partial charge in [0.2, 0.25) is 0 Å². The Labute approximate surface area is 80.6 Å². The van der Waals surface area contributed by atoms with Gasteiger partial charge in [-0.1, -0.05) is 18.2 Å². The predicted molar refractivity (Wildman–Crippen MR) is 52.8 cm³/mol. The van der Waals surface area contributed by atoms with E-state index in [0.29, 0.717) is 5.13 Å². The van der Waals surface area contributed by atoms with Gasteiger partial charge in [-0.05, 0) is 17.1 Å². The maximum absolute atomic E-state index is 5.60. The van der Waals surface area contributed by atoms with E-state index in [1.165, 1.54) is 11.5 Å². The third kappa shape index (κ3) is 1.53. The lowest BCUT2D eigenvalue weighted by Crippen LogP contribution is -2.28. The maximum atomic E-state index is 5.60. The number of hydrogen-bond acceptors (Lipinski definition) is 3. The van der Waals surface area contributed by atoms with Crippen molar-refractivity contribution in [3.8, 4) is 5.69 Å². The summed E-state index contributed by atoms with van der Waals surface area (Å²) in [7, 11) is 0. The van der Waals surface area contributed by atoms with Gasteiger partial charge in [-0.25, -0.2) is 0 Å². The summed E-state index contributed by atoms with van der Waals surface area (Å²) in [6.45, 7) is 1.94. The van der Waals surface area contributed by atoms with E-state index in [9.17, 15) is 0 Å². The van der Waals surface area contributed by atoms with E-state index < -0.39 is 0 Å². The molecule has 0 aliphatic rings. The van der Waals surface area contributed by atoms with Gasteiger partial charge in [0, 0.05) is 6.92 Å². The molecule has 66 valence electrons. The number of nitrogens with zero attached hydrogens (tertiary/aromatic N) is 2. The molecule has 1 heterocycles. The minimum atomic E-state index is 0.598. The molecule has 4 heteroatoms. The molecule has 1 aromatic heterocycles. The van der Waals surface area contributed by atoms with E-state index in [2.05, 4.69) is 4.98 Å². The number of hydrogen-bond donors (Lipinski definition) is 1. The van der Waals surface area contributed by atoms with Crippen LogP contribution in [0.5, 0.6) is 0 Å². The lowest BCUT2D eigenvalue weighted by atomic mass is 10.3. The van der Waals surface area contributed by atoms with Crippen LogP contribution in [0.4, 0.5) is 5.13 Å². The van der Waals surface area contributed by atoms with Crippen LogP contribution in [0.15, 0.2) is 30.3 Å². The van der Waals surface area contributed by atoms with E-state index in [0.717, 1.165) is 11.5 Å². The van der Waals surface area contributed by atoms with Gasteiger partial charge < -0.3 is 5.73 Å². The van der Waals surface area contributed by atoms with E-state index in [1.807, 2.05) is 41.2 Å². The number of aryl methyl sites for hydroxylation is 1. The molecule has 2 rings (SSSR count). The first-order valence-electron chi connectivity index (χ1n) is 3.98. The number of nitrogen functional groups attached to an aromatic ring is 1. The van der Waals surface area contributed by atoms with Gasteiger partial charge in [0.25, 0.3) is 0 Å². The molecule has 0 unspecified atom stereocenters. The fraction of sp³-hybridized carbons (Fsp3) is 0.111. The largest absolute Gasteiger partial charge is 0.351 e. The zero-order valence-corrected chi connectivity index (χ0v) is 8.08. The van der Waals surface area contributed by atoms with Gasteiger partial charge in [0.05, 0.1) is 0 Å². The van der Waals surface area contributed by atoms with Crippen molar-refractivity contribution in [1.82, 2.24) is 4.98 Å². The highest BCUT2D eigenvalue weighted by Crippen LogP contribution is 2.08. The molecule has 2 aromatic rings. The Kier molecular flexibility index (Phi) is 1.98. The van der Waals surface area contributed by atoms with Gasteiger partial charge in [-0.15, -0.1) is 3.96 Å². The second-order valence-corrected chi connectivity index (χ2v) is 3.68. The summed E-state index contributed by atoms with van der Waals surface area (Å²) in [5.41, 5.74) is 6.71. The van der Waals surface area contributed by atoms with Crippen LogP contribution >= 0.6 is 11.5 Å². The topological polar surface area (TPSA) is 42.8 Å². The molecular formula is C9H10N3S+. The van der Waals surface area contributed by atoms with Gasteiger partial charge in [0.15, 0.2) is 0 Å². The predicted octanol–water partition coefficient (Wildman–Crippen LogP) is 1.31. The Morgan fingerprint density at radius 2 is 2.00 bits per heavy atom. The third-order valence-corrected chi connectivity index (χ3v) is 2.68. The van der Waals surface area contributed by atoms with Crippen LogP contribution in [-0.4, -0.2) is 4.98 Å². The van der Waals surface area contributed by atoms with Crippen LogP contribution in [-0.2, 0) is 0 Å². The normalized spacial score (nSPS) is 10.2. The Hall–Kier alpha value is -1.42. The van der Waals surface area contributed by atoms with Crippen LogP contribution < -0.4 is 9.69 Å². The Morgan fingerprint density at radius 1 is 1.31 bits per heavy atom. The molecule has 0 spiro atoms. The number of benzene rings is 1. The molecular weight excluding hydrogens is 182 g/mol. The number of rotatable bonds is 1. The fourth-order valence-electron chi connectivity index (χ4n) is 1.19. The summed E-state index contributed by atoms with van der Waals surface area (Å²) in [5.74, 6) is 0.925. The molecule has 0 fully saturated rings. The molecule has 13 heavy (non-hydrogen) atoms. The quantitative estimate of drug-likeness (QED) is 0.692. The number of anilines is 1. The second-order valence-electron chi connectivity index (χ2n) is 2.72. The van der Waals surface area contributed by atoms with Crippen LogP contribution in [0.1, 0.15) is 5.82 Å². The van der Waals surface area contributed by atoms with Gasteiger partial charge >= 0.3 is 11.0 Å². The van der Waals surface area contributed by atoms with Crippen LogP contribution in [0, 0.1) is 6.92 Å².